The molecule has 1 unspecified atom stereocenters. The van der Waals surface area contributed by atoms with Gasteiger partial charge in [-0.15, -0.1) is 0 Å². The van der Waals surface area contributed by atoms with Gasteiger partial charge in [-0.3, -0.25) is 9.78 Å². The van der Waals surface area contributed by atoms with Gasteiger partial charge in [0.05, 0.1) is 17.1 Å². The Morgan fingerprint density at radius 3 is 2.32 bits per heavy atom. The van der Waals surface area contributed by atoms with Crippen LogP contribution in [0.2, 0.25) is 0 Å². The highest BCUT2D eigenvalue weighted by atomic mass is 16.1. The lowest BCUT2D eigenvalue weighted by Crippen LogP contribution is -2.22. The zero-order valence-corrected chi connectivity index (χ0v) is 17.4. The van der Waals surface area contributed by atoms with Crippen LogP contribution in [0.25, 0.3) is 10.9 Å². The molecule has 1 aromatic carbocycles. The number of primary amides is 1. The fourth-order valence-electron chi connectivity index (χ4n) is 3.60. The van der Waals surface area contributed by atoms with Crippen molar-refractivity contribution in [2.75, 3.05) is 0 Å². The number of pyridine rings is 1. The van der Waals surface area contributed by atoms with E-state index in [2.05, 4.69) is 24.1 Å². The van der Waals surface area contributed by atoms with Crippen LogP contribution in [0, 0.1) is 0 Å². The maximum Gasteiger partial charge on any atom is 0.226 e. The highest BCUT2D eigenvalue weighted by molar-refractivity contribution is 5.83. The first-order valence-corrected chi connectivity index (χ1v) is 11.0. The first-order chi connectivity index (χ1) is 13.7. The molecule has 0 aliphatic heterocycles. The molecule has 0 aliphatic carbocycles. The Hall–Kier alpha value is -2.16. The molecule has 0 saturated heterocycles. The molecular formula is C25H36N2O. The molecule has 1 heterocycles. The van der Waals surface area contributed by atoms with Crippen LogP contribution < -0.4 is 5.73 Å². The molecule has 0 radical (unpaired) electrons. The van der Waals surface area contributed by atoms with Crippen molar-refractivity contribution < 1.29 is 4.79 Å². The highest BCUT2D eigenvalue weighted by Crippen LogP contribution is 2.23. The number of para-hydroxylation sites is 1. The number of hydrogen-bond donors (Lipinski definition) is 1. The van der Waals surface area contributed by atoms with Gasteiger partial charge in [0.25, 0.3) is 0 Å². The predicted molar refractivity (Wildman–Crippen MR) is 119 cm³/mol. The van der Waals surface area contributed by atoms with E-state index in [-0.39, 0.29) is 11.8 Å². The maximum atomic E-state index is 11.9. The molecule has 1 aromatic heterocycles. The summed E-state index contributed by atoms with van der Waals surface area (Å²) in [6.45, 7) is 2.25. The maximum absolute atomic E-state index is 11.9. The van der Waals surface area contributed by atoms with Crippen molar-refractivity contribution >= 4 is 16.8 Å². The Kier molecular flexibility index (Phi) is 10.3. The van der Waals surface area contributed by atoms with Gasteiger partial charge in [-0.2, -0.15) is 0 Å². The molecule has 0 aliphatic rings. The van der Waals surface area contributed by atoms with Gasteiger partial charge < -0.3 is 5.73 Å². The number of carbonyl (C=O) groups excluding carboxylic acids is 1. The van der Waals surface area contributed by atoms with Crippen LogP contribution in [0.15, 0.2) is 48.6 Å². The zero-order chi connectivity index (χ0) is 20.0. The van der Waals surface area contributed by atoms with E-state index >= 15 is 0 Å². The summed E-state index contributed by atoms with van der Waals surface area (Å²) in [5.41, 5.74) is 7.39. The van der Waals surface area contributed by atoms with Crippen LogP contribution in [0.3, 0.4) is 0 Å². The molecule has 0 spiro atoms. The van der Waals surface area contributed by atoms with Crippen molar-refractivity contribution in [3.63, 3.8) is 0 Å². The van der Waals surface area contributed by atoms with Crippen molar-refractivity contribution in [3.8, 4) is 0 Å². The molecule has 2 rings (SSSR count). The Bertz CT molecular complexity index is 738. The number of amides is 1. The number of unbranched alkanes of at least 4 members (excludes halogenated alkanes) is 8. The number of allylic oxidation sites excluding steroid dienone is 2. The fraction of sp³-hybridized carbons (Fsp3) is 0.520. The zero-order valence-electron chi connectivity index (χ0n) is 17.4. The summed E-state index contributed by atoms with van der Waals surface area (Å²) in [5.74, 6) is -0.554. The van der Waals surface area contributed by atoms with Crippen molar-refractivity contribution in [1.29, 1.82) is 0 Å². The lowest BCUT2D eigenvalue weighted by atomic mass is 9.95. The van der Waals surface area contributed by atoms with Crippen LogP contribution in [-0.2, 0) is 4.79 Å². The van der Waals surface area contributed by atoms with E-state index in [0.29, 0.717) is 0 Å². The van der Waals surface area contributed by atoms with Crippen LogP contribution in [0.1, 0.15) is 89.2 Å². The van der Waals surface area contributed by atoms with Crippen molar-refractivity contribution in [2.45, 2.75) is 83.5 Å². The van der Waals surface area contributed by atoms with Crippen LogP contribution >= 0.6 is 0 Å². The van der Waals surface area contributed by atoms with E-state index < -0.39 is 0 Å². The first-order valence-electron chi connectivity index (χ1n) is 11.0. The molecule has 152 valence electrons. The molecule has 2 aromatic rings. The topological polar surface area (TPSA) is 56.0 Å². The number of hydrogen-bond acceptors (Lipinski definition) is 2. The molecule has 3 heteroatoms. The number of carbonyl (C=O) groups is 1. The number of nitrogens with zero attached hydrogens (tertiary/aromatic N) is 1. The largest absolute Gasteiger partial charge is 0.369 e. The quantitative estimate of drug-likeness (QED) is 0.294. The van der Waals surface area contributed by atoms with Crippen LogP contribution in [0.4, 0.5) is 0 Å². The van der Waals surface area contributed by atoms with Crippen LogP contribution in [-0.4, -0.2) is 10.9 Å². The molecule has 0 bridgehead atoms. The molecule has 0 saturated carbocycles. The SMILES string of the molecule is CCCCCCC=CCCCCCCC(C(N)=O)c1ccc2ccccc2n1. The number of nitrogens with two attached hydrogens (primary N) is 1. The Morgan fingerprint density at radius 1 is 0.929 bits per heavy atom. The van der Waals surface area contributed by atoms with E-state index in [1.165, 1.54) is 51.4 Å². The molecule has 2 N–H and O–H groups in total. The van der Waals surface area contributed by atoms with Crippen molar-refractivity contribution in [2.24, 2.45) is 5.73 Å². The van der Waals surface area contributed by atoms with Crippen molar-refractivity contribution in [1.82, 2.24) is 4.98 Å². The van der Waals surface area contributed by atoms with E-state index in [1.807, 2.05) is 36.4 Å². The fourth-order valence-corrected chi connectivity index (χ4v) is 3.60. The Morgan fingerprint density at radius 2 is 1.61 bits per heavy atom. The van der Waals surface area contributed by atoms with Gasteiger partial charge >= 0.3 is 0 Å². The van der Waals surface area contributed by atoms with Gasteiger partial charge in [-0.1, -0.05) is 81.9 Å². The van der Waals surface area contributed by atoms with E-state index in [4.69, 9.17) is 5.73 Å². The smallest absolute Gasteiger partial charge is 0.226 e. The number of rotatable bonds is 14. The summed E-state index contributed by atoms with van der Waals surface area (Å²) in [6, 6.07) is 12.0. The monoisotopic (exact) mass is 380 g/mol. The average Bonchev–Trinajstić information content (AvgIpc) is 2.71. The Labute approximate surface area is 170 Å². The standard InChI is InChI=1S/C25H36N2O/c1-2-3-4-5-6-7-8-9-10-11-12-13-17-22(25(26)28)24-20-19-21-16-14-15-18-23(21)27-24/h7-8,14-16,18-20,22H,2-6,9-13,17H2,1H3,(H2,26,28). The van der Waals surface area contributed by atoms with Crippen molar-refractivity contribution in [3.05, 3.63) is 54.2 Å². The Balaban J connectivity index is 1.67. The van der Waals surface area contributed by atoms with Gasteiger partial charge in [0, 0.05) is 5.39 Å². The number of benzene rings is 1. The third kappa shape index (κ3) is 7.84. The second-order valence-corrected chi connectivity index (χ2v) is 7.70. The molecule has 0 fully saturated rings. The normalized spacial score (nSPS) is 12.6. The minimum absolute atomic E-state index is 0.270. The van der Waals surface area contributed by atoms with E-state index in [0.717, 1.165) is 35.9 Å². The minimum Gasteiger partial charge on any atom is -0.369 e. The van der Waals surface area contributed by atoms with Crippen LogP contribution in [0.5, 0.6) is 0 Å². The molecule has 1 atom stereocenters. The lowest BCUT2D eigenvalue weighted by Gasteiger charge is -2.13. The van der Waals surface area contributed by atoms with Gasteiger partial charge in [-0.05, 0) is 44.2 Å². The predicted octanol–water partition coefficient (Wildman–Crippen LogP) is 6.67. The summed E-state index contributed by atoms with van der Waals surface area (Å²) in [7, 11) is 0. The number of fused-ring (bicyclic) bond motifs is 1. The molecule has 3 nitrogen and oxygen atoms in total. The van der Waals surface area contributed by atoms with Gasteiger partial charge in [0.2, 0.25) is 5.91 Å². The summed E-state index contributed by atoms with van der Waals surface area (Å²) >= 11 is 0. The first kappa shape index (κ1) is 22.1. The van der Waals surface area contributed by atoms with Gasteiger partial charge in [-0.25, -0.2) is 0 Å². The average molecular weight is 381 g/mol. The molecule has 1 amide bonds. The summed E-state index contributed by atoms with van der Waals surface area (Å²) in [5, 5.41) is 1.09. The third-order valence-electron chi connectivity index (χ3n) is 5.33. The second kappa shape index (κ2) is 13.1. The minimum atomic E-state index is -0.285. The lowest BCUT2D eigenvalue weighted by molar-refractivity contribution is -0.119. The van der Waals surface area contributed by atoms with Gasteiger partial charge in [0.1, 0.15) is 0 Å². The second-order valence-electron chi connectivity index (χ2n) is 7.70. The van der Waals surface area contributed by atoms with E-state index in [9.17, 15) is 4.79 Å². The summed E-state index contributed by atoms with van der Waals surface area (Å²) in [6.07, 6.45) is 17.8. The summed E-state index contributed by atoms with van der Waals surface area (Å²) < 4.78 is 0. The number of aromatic nitrogens is 1. The summed E-state index contributed by atoms with van der Waals surface area (Å²) in [4.78, 5) is 16.6. The van der Waals surface area contributed by atoms with Gasteiger partial charge in [0.15, 0.2) is 0 Å². The molecular weight excluding hydrogens is 344 g/mol. The highest BCUT2D eigenvalue weighted by Gasteiger charge is 2.19. The molecule has 28 heavy (non-hydrogen) atoms. The third-order valence-corrected chi connectivity index (χ3v) is 5.33. The van der Waals surface area contributed by atoms with E-state index in [1.54, 1.807) is 0 Å².